The third-order valence-electron chi connectivity index (χ3n) is 6.35. The monoisotopic (exact) mass is 565 g/mol. The molecule has 3 aromatic rings. The summed E-state index contributed by atoms with van der Waals surface area (Å²) in [6.45, 7) is 5.07. The molecule has 1 unspecified atom stereocenters. The molecular weight excluding hydrogens is 541 g/mol. The summed E-state index contributed by atoms with van der Waals surface area (Å²) in [6, 6.07) is 7.77. The average molecular weight is 566 g/mol. The topological polar surface area (TPSA) is 138 Å². The van der Waals surface area contributed by atoms with Crippen molar-refractivity contribution in [3.05, 3.63) is 52.6 Å². The molecule has 2 aliphatic rings. The van der Waals surface area contributed by atoms with E-state index in [1.54, 1.807) is 26.0 Å². The summed E-state index contributed by atoms with van der Waals surface area (Å²) < 4.78 is 61.3. The fraction of sp³-hybridized carbons (Fsp3) is 0.458. The maximum absolute atomic E-state index is 13.4. The van der Waals surface area contributed by atoms with Crippen LogP contribution in [-0.4, -0.2) is 60.1 Å². The van der Waals surface area contributed by atoms with Crippen molar-refractivity contribution < 1.29 is 31.2 Å². The lowest BCUT2D eigenvalue weighted by molar-refractivity contribution is -0.200. The molecule has 0 bridgehead atoms. The number of nitrogens with zero attached hydrogens (tertiary/aromatic N) is 4. The molecule has 11 nitrogen and oxygen atoms in total. The summed E-state index contributed by atoms with van der Waals surface area (Å²) in [4.78, 5) is 4.41. The van der Waals surface area contributed by atoms with Gasteiger partial charge in [-0.3, -0.25) is 4.18 Å². The number of anilines is 1. The number of ether oxygens (including phenoxy) is 3. The molecule has 0 aliphatic carbocycles. The lowest BCUT2D eigenvalue weighted by Gasteiger charge is -2.24. The number of hydrogen-bond acceptors (Lipinski definition) is 10. The van der Waals surface area contributed by atoms with Gasteiger partial charge in [-0.2, -0.15) is 18.8 Å². The molecule has 14 heteroatoms. The number of nitriles is 1. The van der Waals surface area contributed by atoms with Gasteiger partial charge in [0.05, 0.1) is 30.1 Å². The van der Waals surface area contributed by atoms with Crippen LogP contribution in [0.5, 0.6) is 0 Å². The molecule has 2 aliphatic heterocycles. The normalized spacial score (nSPS) is 25.3. The van der Waals surface area contributed by atoms with Crippen molar-refractivity contribution in [2.75, 3.05) is 18.2 Å². The summed E-state index contributed by atoms with van der Waals surface area (Å²) in [5.41, 5.74) is 1.63. The summed E-state index contributed by atoms with van der Waals surface area (Å²) in [7, 11) is -3.72. The first-order valence-corrected chi connectivity index (χ1v) is 13.9. The molecule has 0 saturated carbocycles. The summed E-state index contributed by atoms with van der Waals surface area (Å²) >= 11 is 6.43. The van der Waals surface area contributed by atoms with E-state index in [1.807, 2.05) is 6.92 Å². The highest BCUT2D eigenvalue weighted by atomic mass is 35.5. The second-order valence-electron chi connectivity index (χ2n) is 9.63. The van der Waals surface area contributed by atoms with E-state index >= 15 is 0 Å². The zero-order valence-corrected chi connectivity index (χ0v) is 22.5. The van der Waals surface area contributed by atoms with E-state index in [1.165, 1.54) is 23.0 Å². The molecule has 1 aromatic carbocycles. The van der Waals surface area contributed by atoms with Crippen LogP contribution in [0.1, 0.15) is 44.2 Å². The highest BCUT2D eigenvalue weighted by Crippen LogP contribution is 2.44. The van der Waals surface area contributed by atoms with Crippen LogP contribution in [0, 0.1) is 17.1 Å². The van der Waals surface area contributed by atoms with E-state index in [-0.39, 0.29) is 29.2 Å². The minimum Gasteiger partial charge on any atom is -0.377 e. The van der Waals surface area contributed by atoms with Gasteiger partial charge in [0.25, 0.3) is 10.1 Å². The van der Waals surface area contributed by atoms with E-state index in [9.17, 15) is 18.1 Å². The highest BCUT2D eigenvalue weighted by molar-refractivity contribution is 7.85. The van der Waals surface area contributed by atoms with Gasteiger partial charge >= 0.3 is 0 Å². The Balaban J connectivity index is 1.53. The Morgan fingerprint density at radius 2 is 1.97 bits per heavy atom. The third kappa shape index (κ3) is 5.07. The Labute approximate surface area is 223 Å². The largest absolute Gasteiger partial charge is 0.377 e. The Hall–Kier alpha value is -2.86. The van der Waals surface area contributed by atoms with Crippen LogP contribution in [0.25, 0.3) is 11.0 Å². The Morgan fingerprint density at radius 3 is 2.63 bits per heavy atom. The van der Waals surface area contributed by atoms with Crippen molar-refractivity contribution >= 4 is 38.4 Å². The van der Waals surface area contributed by atoms with E-state index in [4.69, 9.17) is 30.0 Å². The first-order valence-electron chi connectivity index (χ1n) is 11.7. The lowest BCUT2D eigenvalue weighted by Crippen LogP contribution is -2.33. The van der Waals surface area contributed by atoms with E-state index < -0.39 is 40.4 Å². The number of nitrogens with one attached hydrogen (secondary N) is 1. The molecule has 0 spiro atoms. The minimum absolute atomic E-state index is 0.0500. The number of pyridine rings is 1. The lowest BCUT2D eigenvalue weighted by atomic mass is 10.1. The van der Waals surface area contributed by atoms with Crippen LogP contribution >= 0.6 is 11.6 Å². The van der Waals surface area contributed by atoms with Crippen molar-refractivity contribution in [1.29, 1.82) is 5.26 Å². The van der Waals surface area contributed by atoms with Crippen molar-refractivity contribution in [2.45, 2.75) is 57.1 Å². The fourth-order valence-corrected chi connectivity index (χ4v) is 5.30. The Bertz CT molecular complexity index is 1520. The molecule has 0 radical (unpaired) electrons. The fourth-order valence-electron chi connectivity index (χ4n) is 4.70. The van der Waals surface area contributed by atoms with Gasteiger partial charge in [-0.25, -0.2) is 14.1 Å². The smallest absolute Gasteiger partial charge is 0.264 e. The number of aromatic nitrogens is 3. The van der Waals surface area contributed by atoms with Crippen molar-refractivity contribution in [2.24, 2.45) is 0 Å². The van der Waals surface area contributed by atoms with Crippen LogP contribution in [-0.2, 0) is 28.5 Å². The SMILES string of the molecule is CC(Nc1c(C#N)c(Cl)nc2c1cnn2[C@@H]1O[C@H](COS(C)(=O)=O)[C@H]2OC(C)(C)O[C@H]21)c1ccc(F)cc1. The van der Waals surface area contributed by atoms with E-state index in [2.05, 4.69) is 21.5 Å². The molecule has 4 heterocycles. The molecular formula is C24H25ClFN5O6S. The summed E-state index contributed by atoms with van der Waals surface area (Å²) in [5.74, 6) is -1.31. The molecule has 5 rings (SSSR count). The molecule has 202 valence electrons. The van der Waals surface area contributed by atoms with E-state index in [0.29, 0.717) is 16.7 Å². The highest BCUT2D eigenvalue weighted by Gasteiger charge is 2.56. The van der Waals surface area contributed by atoms with Gasteiger partial charge in [0.1, 0.15) is 35.8 Å². The molecule has 0 amide bonds. The summed E-state index contributed by atoms with van der Waals surface area (Å²) in [6.07, 6.45) is -0.447. The number of benzene rings is 1. The second kappa shape index (κ2) is 9.71. The quantitative estimate of drug-likeness (QED) is 0.333. The van der Waals surface area contributed by atoms with Crippen LogP contribution in [0.2, 0.25) is 5.15 Å². The van der Waals surface area contributed by atoms with Crippen LogP contribution in [0.3, 0.4) is 0 Å². The first-order chi connectivity index (χ1) is 17.9. The predicted octanol–water partition coefficient (Wildman–Crippen LogP) is 3.66. The maximum Gasteiger partial charge on any atom is 0.264 e. The average Bonchev–Trinajstić information content (AvgIpc) is 3.48. The second-order valence-corrected chi connectivity index (χ2v) is 11.6. The van der Waals surface area contributed by atoms with E-state index in [0.717, 1.165) is 11.8 Å². The molecule has 38 heavy (non-hydrogen) atoms. The number of hydrogen-bond donors (Lipinski definition) is 1. The van der Waals surface area contributed by atoms with Gasteiger partial charge in [0, 0.05) is 6.04 Å². The molecule has 1 N–H and O–H groups in total. The molecule has 2 aromatic heterocycles. The summed E-state index contributed by atoms with van der Waals surface area (Å²) in [5, 5.41) is 18.0. The van der Waals surface area contributed by atoms with Crippen molar-refractivity contribution in [1.82, 2.24) is 14.8 Å². The predicted molar refractivity (Wildman–Crippen MR) is 134 cm³/mol. The molecule has 2 saturated heterocycles. The number of rotatable bonds is 7. The third-order valence-corrected chi connectivity index (χ3v) is 7.19. The zero-order valence-electron chi connectivity index (χ0n) is 20.9. The zero-order chi connectivity index (χ0) is 27.4. The molecule has 2 fully saturated rings. The van der Waals surface area contributed by atoms with Crippen LogP contribution in [0.4, 0.5) is 10.1 Å². The van der Waals surface area contributed by atoms with Gasteiger partial charge < -0.3 is 19.5 Å². The standard InChI is InChI=1S/C24H25ClFN5O6S/c1-12(13-5-7-14(26)8-6-13)29-18-15(9-27)21(25)30-22-16(18)10-28-31(22)23-20-19(36-24(2,3)37-20)17(35-23)11-34-38(4,32)33/h5-8,10,12,17,19-20,23H,11H2,1-4H3,(H,29,30)/t12?,17-,19-,20-,23-/m1/s1. The van der Waals surface area contributed by atoms with Gasteiger partial charge in [0.15, 0.2) is 22.8 Å². The number of fused-ring (bicyclic) bond motifs is 2. The minimum atomic E-state index is -3.72. The van der Waals surface area contributed by atoms with Crippen molar-refractivity contribution in [3.63, 3.8) is 0 Å². The van der Waals surface area contributed by atoms with Gasteiger partial charge in [0.2, 0.25) is 0 Å². The van der Waals surface area contributed by atoms with Gasteiger partial charge in [-0.1, -0.05) is 23.7 Å². The number of halogens is 2. The Kier molecular flexibility index (Phi) is 6.83. The van der Waals surface area contributed by atoms with Crippen LogP contribution in [0.15, 0.2) is 30.5 Å². The Morgan fingerprint density at radius 1 is 1.29 bits per heavy atom. The van der Waals surface area contributed by atoms with Gasteiger partial charge in [-0.05, 0) is 38.5 Å². The maximum atomic E-state index is 13.4. The first kappa shape index (κ1) is 26.7. The van der Waals surface area contributed by atoms with Crippen molar-refractivity contribution in [3.8, 4) is 6.07 Å². The molecule has 5 atom stereocenters. The van der Waals surface area contributed by atoms with Gasteiger partial charge in [-0.15, -0.1) is 0 Å². The van der Waals surface area contributed by atoms with Crippen LogP contribution < -0.4 is 5.32 Å².